The summed E-state index contributed by atoms with van der Waals surface area (Å²) in [5.74, 6) is 4.89. The number of benzene rings is 1. The van der Waals surface area contributed by atoms with Gasteiger partial charge < -0.3 is 10.7 Å². The monoisotopic (exact) mass is 370 g/mol. The Morgan fingerprint density at radius 3 is 2.76 bits per heavy atom. The van der Waals surface area contributed by atoms with Crippen LogP contribution in [-0.4, -0.2) is 10.8 Å². The van der Waals surface area contributed by atoms with Gasteiger partial charge in [-0.2, -0.15) is 0 Å². The lowest BCUT2D eigenvalue weighted by Crippen LogP contribution is -2.24. The topological polar surface area (TPSA) is 110 Å². The Balaban J connectivity index is 2.17. The zero-order valence-corrected chi connectivity index (χ0v) is 13.0. The van der Waals surface area contributed by atoms with E-state index >= 15 is 0 Å². The van der Waals surface area contributed by atoms with Crippen LogP contribution in [0.25, 0.3) is 0 Å². The lowest BCUT2D eigenvalue weighted by Gasteiger charge is -2.09. The molecule has 7 nitrogen and oxygen atoms in total. The molecule has 0 bridgehead atoms. The minimum Gasteiger partial charge on any atom is -0.347 e. The van der Waals surface area contributed by atoms with Gasteiger partial charge in [0.1, 0.15) is 0 Å². The minimum absolute atomic E-state index is 0.127. The van der Waals surface area contributed by atoms with Crippen molar-refractivity contribution in [3.05, 3.63) is 54.7 Å². The van der Waals surface area contributed by atoms with Crippen molar-refractivity contribution >= 4 is 44.5 Å². The molecule has 0 aliphatic carbocycles. The van der Waals surface area contributed by atoms with Crippen molar-refractivity contribution in [2.24, 2.45) is 5.84 Å². The Morgan fingerprint density at radius 1 is 1.43 bits per heavy atom. The molecule has 0 unspecified atom stereocenters. The number of carbonyl (C=O) groups excluding carboxylic acids is 1. The number of amides is 1. The van der Waals surface area contributed by atoms with Gasteiger partial charge in [0, 0.05) is 26.9 Å². The summed E-state index contributed by atoms with van der Waals surface area (Å²) in [6.45, 7) is 0.335. The summed E-state index contributed by atoms with van der Waals surface area (Å²) in [7, 11) is 0. The molecule has 0 saturated carbocycles. The zero-order chi connectivity index (χ0) is 15.4. The molecule has 0 radical (unpaired) electrons. The lowest BCUT2D eigenvalue weighted by atomic mass is 10.1. The van der Waals surface area contributed by atoms with Crippen molar-refractivity contribution in [2.75, 3.05) is 5.43 Å². The van der Waals surface area contributed by atoms with Crippen LogP contribution in [0.1, 0.15) is 15.2 Å². The molecule has 1 heterocycles. The third-order valence-electron chi connectivity index (χ3n) is 2.66. The highest BCUT2D eigenvalue weighted by molar-refractivity contribution is 9.10. The van der Waals surface area contributed by atoms with E-state index in [4.69, 9.17) is 5.84 Å². The molecule has 1 aromatic heterocycles. The molecule has 4 N–H and O–H groups in total. The van der Waals surface area contributed by atoms with Gasteiger partial charge in [0.2, 0.25) is 0 Å². The molecule has 110 valence electrons. The minimum atomic E-state index is -0.562. The molecule has 1 amide bonds. The molecule has 0 aliphatic rings. The summed E-state index contributed by atoms with van der Waals surface area (Å²) in [4.78, 5) is 23.3. The Morgan fingerprint density at radius 2 is 2.19 bits per heavy atom. The molecule has 1 aromatic carbocycles. The molecular weight excluding hydrogens is 360 g/mol. The number of hydrogen-bond donors (Lipinski definition) is 3. The van der Waals surface area contributed by atoms with Gasteiger partial charge >= 0.3 is 0 Å². The summed E-state index contributed by atoms with van der Waals surface area (Å²) in [5, 5.41) is 15.4. The second kappa shape index (κ2) is 6.66. The standard InChI is InChI=1S/C12H11BrN4O3S/c13-7-3-9(21-6-7)5-15-12(18)10-4-8(17(19)20)1-2-11(10)16-14/h1-4,6,16H,5,14H2,(H,15,18). The quantitative estimate of drug-likeness (QED) is 0.425. The number of nitrogen functional groups attached to an aromatic ring is 1. The Labute approximate surface area is 132 Å². The van der Waals surface area contributed by atoms with E-state index in [1.807, 2.05) is 11.4 Å². The van der Waals surface area contributed by atoms with Crippen LogP contribution in [0.2, 0.25) is 0 Å². The van der Waals surface area contributed by atoms with Gasteiger partial charge in [0.05, 0.1) is 22.7 Å². The molecule has 0 spiro atoms. The summed E-state index contributed by atoms with van der Waals surface area (Å²) in [6, 6.07) is 5.76. The zero-order valence-electron chi connectivity index (χ0n) is 10.6. The molecule has 0 aliphatic heterocycles. The highest BCUT2D eigenvalue weighted by Gasteiger charge is 2.16. The number of non-ortho nitro benzene ring substituents is 1. The van der Waals surface area contributed by atoms with Crippen LogP contribution in [0.4, 0.5) is 11.4 Å². The number of rotatable bonds is 5. The lowest BCUT2D eigenvalue weighted by molar-refractivity contribution is -0.384. The van der Waals surface area contributed by atoms with Gasteiger partial charge in [-0.3, -0.25) is 20.8 Å². The van der Waals surface area contributed by atoms with E-state index in [1.165, 1.54) is 29.5 Å². The van der Waals surface area contributed by atoms with Gasteiger partial charge in [-0.1, -0.05) is 0 Å². The molecule has 0 fully saturated rings. The van der Waals surface area contributed by atoms with Crippen molar-refractivity contribution in [1.29, 1.82) is 0 Å². The number of carbonyl (C=O) groups is 1. The van der Waals surface area contributed by atoms with Crippen LogP contribution in [0.5, 0.6) is 0 Å². The number of hydrazine groups is 1. The van der Waals surface area contributed by atoms with Crippen LogP contribution in [0, 0.1) is 10.1 Å². The van der Waals surface area contributed by atoms with Gasteiger partial charge in [0.15, 0.2) is 0 Å². The van der Waals surface area contributed by atoms with Gasteiger partial charge in [-0.15, -0.1) is 11.3 Å². The van der Waals surface area contributed by atoms with Crippen LogP contribution in [0.3, 0.4) is 0 Å². The first-order valence-corrected chi connectivity index (χ1v) is 7.44. The molecule has 21 heavy (non-hydrogen) atoms. The highest BCUT2D eigenvalue weighted by atomic mass is 79.9. The number of nitrogens with two attached hydrogens (primary N) is 1. The average Bonchev–Trinajstić information content (AvgIpc) is 2.89. The van der Waals surface area contributed by atoms with Crippen molar-refractivity contribution < 1.29 is 9.72 Å². The fourth-order valence-electron chi connectivity index (χ4n) is 1.67. The summed E-state index contributed by atoms with van der Waals surface area (Å²) in [5.41, 5.74) is 2.64. The number of nitrogens with zero attached hydrogens (tertiary/aromatic N) is 1. The molecular formula is C12H11BrN4O3S. The van der Waals surface area contributed by atoms with E-state index in [2.05, 4.69) is 26.7 Å². The average molecular weight is 371 g/mol. The van der Waals surface area contributed by atoms with Crippen LogP contribution in [0.15, 0.2) is 34.1 Å². The van der Waals surface area contributed by atoms with E-state index in [0.717, 1.165) is 9.35 Å². The predicted octanol–water partition coefficient (Wildman–Crippen LogP) is 2.63. The van der Waals surface area contributed by atoms with Crippen molar-refractivity contribution in [3.8, 4) is 0 Å². The third kappa shape index (κ3) is 3.78. The Bertz CT molecular complexity index is 689. The SMILES string of the molecule is NNc1ccc([N+](=O)[O-])cc1C(=O)NCc1cc(Br)cs1. The van der Waals surface area contributed by atoms with E-state index in [-0.39, 0.29) is 11.3 Å². The predicted molar refractivity (Wildman–Crippen MR) is 84.1 cm³/mol. The smallest absolute Gasteiger partial charge is 0.270 e. The summed E-state index contributed by atoms with van der Waals surface area (Å²) < 4.78 is 0.941. The fourth-order valence-corrected chi connectivity index (χ4v) is 3.06. The molecule has 2 rings (SSSR count). The second-order valence-electron chi connectivity index (χ2n) is 4.05. The largest absolute Gasteiger partial charge is 0.347 e. The van der Waals surface area contributed by atoms with E-state index in [0.29, 0.717) is 12.2 Å². The van der Waals surface area contributed by atoms with Crippen molar-refractivity contribution in [3.63, 3.8) is 0 Å². The number of nitro groups is 1. The maximum Gasteiger partial charge on any atom is 0.270 e. The summed E-state index contributed by atoms with van der Waals surface area (Å²) in [6.07, 6.45) is 0. The van der Waals surface area contributed by atoms with E-state index in [9.17, 15) is 14.9 Å². The molecule has 0 atom stereocenters. The normalized spacial score (nSPS) is 10.2. The number of hydrogen-bond acceptors (Lipinski definition) is 6. The number of thiophene rings is 1. The number of anilines is 1. The van der Waals surface area contributed by atoms with Crippen molar-refractivity contribution in [2.45, 2.75) is 6.54 Å². The van der Waals surface area contributed by atoms with E-state index < -0.39 is 10.8 Å². The summed E-state index contributed by atoms with van der Waals surface area (Å²) >= 11 is 4.82. The van der Waals surface area contributed by atoms with Crippen LogP contribution >= 0.6 is 27.3 Å². The number of halogens is 1. The first kappa shape index (κ1) is 15.4. The van der Waals surface area contributed by atoms with Gasteiger partial charge in [-0.05, 0) is 28.1 Å². The Hall–Kier alpha value is -1.97. The molecule has 0 saturated heterocycles. The first-order valence-electron chi connectivity index (χ1n) is 5.77. The number of nitro benzene ring substituents is 1. The van der Waals surface area contributed by atoms with Crippen molar-refractivity contribution in [1.82, 2.24) is 5.32 Å². The first-order chi connectivity index (χ1) is 10.0. The van der Waals surface area contributed by atoms with Gasteiger partial charge in [-0.25, -0.2) is 0 Å². The van der Waals surface area contributed by atoms with Gasteiger partial charge in [0.25, 0.3) is 11.6 Å². The second-order valence-corrected chi connectivity index (χ2v) is 5.96. The highest BCUT2D eigenvalue weighted by Crippen LogP contribution is 2.22. The number of nitrogens with one attached hydrogen (secondary N) is 2. The maximum absolute atomic E-state index is 12.1. The fraction of sp³-hybridized carbons (Fsp3) is 0.0833. The van der Waals surface area contributed by atoms with E-state index in [1.54, 1.807) is 0 Å². The molecule has 2 aromatic rings. The Kier molecular flexibility index (Phi) is 4.89. The maximum atomic E-state index is 12.1. The van der Waals surface area contributed by atoms with Crippen LogP contribution < -0.4 is 16.6 Å². The molecule has 9 heteroatoms. The van der Waals surface area contributed by atoms with Crippen LogP contribution in [-0.2, 0) is 6.54 Å². The third-order valence-corrected chi connectivity index (χ3v) is 4.36.